The number of carbonyl (C=O) groups is 1. The van der Waals surface area contributed by atoms with E-state index in [1.807, 2.05) is 11.8 Å². The van der Waals surface area contributed by atoms with Gasteiger partial charge in [0.2, 0.25) is 5.91 Å². The lowest BCUT2D eigenvalue weighted by Gasteiger charge is -2.30. The molecule has 1 heterocycles. The van der Waals surface area contributed by atoms with Gasteiger partial charge in [0.15, 0.2) is 0 Å². The Morgan fingerprint density at radius 1 is 1.57 bits per heavy atom. The zero-order valence-corrected chi connectivity index (χ0v) is 9.05. The first-order valence-corrected chi connectivity index (χ1v) is 5.21. The number of piperidine rings is 1. The highest BCUT2D eigenvalue weighted by atomic mass is 16.2. The molecule has 0 unspecified atom stereocenters. The Morgan fingerprint density at radius 3 is 2.86 bits per heavy atom. The quantitative estimate of drug-likeness (QED) is 0.731. The van der Waals surface area contributed by atoms with Crippen LogP contribution in [-0.4, -0.2) is 48.2 Å². The summed E-state index contributed by atoms with van der Waals surface area (Å²) in [7, 11) is 1.80. The lowest BCUT2D eigenvalue weighted by atomic mass is 10.1. The maximum absolute atomic E-state index is 11.6. The fraction of sp³-hybridized carbons (Fsp3) is 0.800. The molecule has 4 heteroatoms. The summed E-state index contributed by atoms with van der Waals surface area (Å²) in [5.74, 6) is 0.730. The number of amidine groups is 1. The van der Waals surface area contributed by atoms with Crippen molar-refractivity contribution in [2.75, 3.05) is 26.7 Å². The number of amides is 1. The summed E-state index contributed by atoms with van der Waals surface area (Å²) in [5.41, 5.74) is 0. The van der Waals surface area contributed by atoms with Gasteiger partial charge in [-0.05, 0) is 19.8 Å². The Balaban J connectivity index is 2.42. The zero-order chi connectivity index (χ0) is 10.6. The first-order valence-electron chi connectivity index (χ1n) is 5.21. The minimum absolute atomic E-state index is 0.110. The third-order valence-electron chi connectivity index (χ3n) is 2.70. The second kappa shape index (κ2) is 4.98. The highest BCUT2D eigenvalue weighted by Crippen LogP contribution is 2.10. The van der Waals surface area contributed by atoms with Crippen LogP contribution in [0.4, 0.5) is 0 Å². The number of nitrogens with one attached hydrogen (secondary N) is 1. The van der Waals surface area contributed by atoms with E-state index < -0.39 is 0 Å². The summed E-state index contributed by atoms with van der Waals surface area (Å²) in [6.45, 7) is 3.94. The molecular weight excluding hydrogens is 178 g/mol. The predicted octanol–water partition coefficient (Wildman–Crippen LogP) is 0.928. The molecule has 1 aliphatic heterocycles. The Bertz CT molecular complexity index is 227. The molecule has 14 heavy (non-hydrogen) atoms. The monoisotopic (exact) mass is 197 g/mol. The van der Waals surface area contributed by atoms with Crippen LogP contribution in [0, 0.1) is 5.41 Å². The van der Waals surface area contributed by atoms with E-state index in [4.69, 9.17) is 5.41 Å². The average Bonchev–Trinajstić information content (AvgIpc) is 2.20. The van der Waals surface area contributed by atoms with Gasteiger partial charge in [-0.1, -0.05) is 0 Å². The molecule has 0 aromatic carbocycles. The summed E-state index contributed by atoms with van der Waals surface area (Å²) in [6, 6.07) is 0. The van der Waals surface area contributed by atoms with Gasteiger partial charge in [-0.25, -0.2) is 0 Å². The molecular formula is C10H19N3O. The van der Waals surface area contributed by atoms with Crippen molar-refractivity contribution in [3.05, 3.63) is 0 Å². The van der Waals surface area contributed by atoms with Gasteiger partial charge in [-0.15, -0.1) is 0 Å². The number of carbonyl (C=O) groups excluding carboxylic acids is 1. The molecule has 0 atom stereocenters. The molecule has 1 fully saturated rings. The lowest BCUT2D eigenvalue weighted by Crippen LogP contribution is -2.43. The van der Waals surface area contributed by atoms with Gasteiger partial charge in [0.1, 0.15) is 0 Å². The van der Waals surface area contributed by atoms with Gasteiger partial charge in [-0.3, -0.25) is 10.2 Å². The summed E-state index contributed by atoms with van der Waals surface area (Å²) < 4.78 is 0. The fourth-order valence-corrected chi connectivity index (χ4v) is 1.52. The van der Waals surface area contributed by atoms with Crippen molar-refractivity contribution in [1.82, 2.24) is 9.80 Å². The number of rotatable bonds is 3. The van der Waals surface area contributed by atoms with Gasteiger partial charge in [0, 0.05) is 26.6 Å². The van der Waals surface area contributed by atoms with E-state index in [1.54, 1.807) is 11.9 Å². The van der Waals surface area contributed by atoms with Crippen molar-refractivity contribution in [1.29, 1.82) is 5.41 Å². The van der Waals surface area contributed by atoms with Crippen LogP contribution in [0.5, 0.6) is 0 Å². The Labute approximate surface area is 85.4 Å². The van der Waals surface area contributed by atoms with Gasteiger partial charge in [-0.2, -0.15) is 0 Å². The van der Waals surface area contributed by atoms with E-state index in [0.29, 0.717) is 12.4 Å². The standard InChI is InChI=1S/C10H19N3O/c1-3-12(2)10(14)8-13-7-5-4-6-9(13)11/h11H,3-8H2,1-2H3. The third-order valence-corrected chi connectivity index (χ3v) is 2.70. The van der Waals surface area contributed by atoms with Crippen LogP contribution in [0.15, 0.2) is 0 Å². The zero-order valence-electron chi connectivity index (χ0n) is 9.05. The molecule has 4 nitrogen and oxygen atoms in total. The first-order chi connectivity index (χ1) is 6.65. The summed E-state index contributed by atoms with van der Waals surface area (Å²) in [6.07, 6.45) is 3.02. The molecule has 0 aromatic heterocycles. The Kier molecular flexibility index (Phi) is 3.92. The minimum Gasteiger partial charge on any atom is -0.351 e. The van der Waals surface area contributed by atoms with Crippen LogP contribution in [0.2, 0.25) is 0 Å². The van der Waals surface area contributed by atoms with E-state index >= 15 is 0 Å². The molecule has 80 valence electrons. The predicted molar refractivity (Wildman–Crippen MR) is 56.5 cm³/mol. The number of nitrogens with zero attached hydrogens (tertiary/aromatic N) is 2. The molecule has 0 spiro atoms. The molecule has 1 rings (SSSR count). The molecule has 1 amide bonds. The average molecular weight is 197 g/mol. The Morgan fingerprint density at radius 2 is 2.29 bits per heavy atom. The number of likely N-dealkylation sites (tertiary alicyclic amines) is 1. The lowest BCUT2D eigenvalue weighted by molar-refractivity contribution is -0.130. The minimum atomic E-state index is 0.110. The van der Waals surface area contributed by atoms with Gasteiger partial charge >= 0.3 is 0 Å². The van der Waals surface area contributed by atoms with Crippen molar-refractivity contribution >= 4 is 11.7 Å². The highest BCUT2D eigenvalue weighted by Gasteiger charge is 2.18. The van der Waals surface area contributed by atoms with E-state index in [9.17, 15) is 4.79 Å². The third kappa shape index (κ3) is 2.72. The van der Waals surface area contributed by atoms with Crippen molar-refractivity contribution in [2.45, 2.75) is 26.2 Å². The van der Waals surface area contributed by atoms with E-state index in [0.717, 1.165) is 32.4 Å². The number of likely N-dealkylation sites (N-methyl/N-ethyl adjacent to an activating group) is 1. The number of hydrogen-bond donors (Lipinski definition) is 1. The van der Waals surface area contributed by atoms with Crippen LogP contribution in [0.25, 0.3) is 0 Å². The second-order valence-electron chi connectivity index (χ2n) is 3.73. The maximum Gasteiger partial charge on any atom is 0.241 e. The van der Waals surface area contributed by atoms with Crippen molar-refractivity contribution in [2.24, 2.45) is 0 Å². The SMILES string of the molecule is CCN(C)C(=O)CN1CCCCC1=N. The van der Waals surface area contributed by atoms with E-state index in [-0.39, 0.29) is 5.91 Å². The van der Waals surface area contributed by atoms with Gasteiger partial charge in [0.25, 0.3) is 0 Å². The second-order valence-corrected chi connectivity index (χ2v) is 3.73. The molecule has 0 bridgehead atoms. The molecule has 1 aliphatic rings. The molecule has 0 radical (unpaired) electrons. The summed E-state index contributed by atoms with van der Waals surface area (Å²) in [5, 5.41) is 7.69. The van der Waals surface area contributed by atoms with E-state index in [2.05, 4.69) is 0 Å². The van der Waals surface area contributed by atoms with E-state index in [1.165, 1.54) is 0 Å². The summed E-state index contributed by atoms with van der Waals surface area (Å²) in [4.78, 5) is 15.2. The fourth-order valence-electron chi connectivity index (χ4n) is 1.52. The van der Waals surface area contributed by atoms with Gasteiger partial charge < -0.3 is 9.80 Å². The Hall–Kier alpha value is -1.06. The van der Waals surface area contributed by atoms with Crippen LogP contribution in [0.3, 0.4) is 0 Å². The highest BCUT2D eigenvalue weighted by molar-refractivity contribution is 5.86. The van der Waals surface area contributed by atoms with Crippen molar-refractivity contribution < 1.29 is 4.79 Å². The summed E-state index contributed by atoms with van der Waals surface area (Å²) >= 11 is 0. The molecule has 0 saturated carbocycles. The topological polar surface area (TPSA) is 47.4 Å². The largest absolute Gasteiger partial charge is 0.351 e. The van der Waals surface area contributed by atoms with Crippen LogP contribution >= 0.6 is 0 Å². The normalized spacial score (nSPS) is 17.0. The first kappa shape index (κ1) is 11.0. The maximum atomic E-state index is 11.6. The molecule has 1 saturated heterocycles. The number of hydrogen-bond acceptors (Lipinski definition) is 2. The van der Waals surface area contributed by atoms with Crippen molar-refractivity contribution in [3.8, 4) is 0 Å². The van der Waals surface area contributed by atoms with Crippen LogP contribution in [0.1, 0.15) is 26.2 Å². The molecule has 0 aliphatic carbocycles. The van der Waals surface area contributed by atoms with Crippen LogP contribution in [-0.2, 0) is 4.79 Å². The van der Waals surface area contributed by atoms with Gasteiger partial charge in [0.05, 0.1) is 12.4 Å². The van der Waals surface area contributed by atoms with Crippen molar-refractivity contribution in [3.63, 3.8) is 0 Å². The molecule has 1 N–H and O–H groups in total. The smallest absolute Gasteiger partial charge is 0.241 e. The molecule has 0 aromatic rings. The van der Waals surface area contributed by atoms with Crippen LogP contribution < -0.4 is 0 Å².